The predicted octanol–water partition coefficient (Wildman–Crippen LogP) is 3.98. The smallest absolute Gasteiger partial charge is 0.337 e. The van der Waals surface area contributed by atoms with Gasteiger partial charge in [0, 0.05) is 16.8 Å². The van der Waals surface area contributed by atoms with Crippen LogP contribution < -0.4 is 19.1 Å². The lowest BCUT2D eigenvalue weighted by atomic mass is 10.2. The third-order valence-corrected chi connectivity index (χ3v) is 6.96. The molecule has 11 heteroatoms. The number of nitrogens with zero attached hydrogens (tertiary/aromatic N) is 1. The van der Waals surface area contributed by atoms with E-state index in [4.69, 9.17) is 21.1 Å². The first kappa shape index (κ1) is 25.9. The number of hydrogen-bond acceptors (Lipinski definition) is 7. The van der Waals surface area contributed by atoms with E-state index in [2.05, 4.69) is 10.1 Å². The average molecular weight is 519 g/mol. The predicted molar refractivity (Wildman–Crippen MR) is 132 cm³/mol. The standard InChI is InChI=1S/C24H23ClN2O7S/c1-32-21-13-12-20(14-22(21)33-2)35(30,31)27(19-10-6-17(25)7-11-19)15-23(28)26-18-8-4-16(5-9-18)24(29)34-3/h4-14H,15H2,1-3H3,(H,26,28). The first-order chi connectivity index (χ1) is 16.7. The number of carbonyl (C=O) groups excluding carboxylic acids is 2. The van der Waals surface area contributed by atoms with Gasteiger partial charge in [-0.15, -0.1) is 0 Å². The van der Waals surface area contributed by atoms with Crippen LogP contribution in [0.4, 0.5) is 11.4 Å². The van der Waals surface area contributed by atoms with Gasteiger partial charge < -0.3 is 19.5 Å². The van der Waals surface area contributed by atoms with E-state index < -0.39 is 28.4 Å². The molecule has 0 aromatic heterocycles. The maximum Gasteiger partial charge on any atom is 0.337 e. The summed E-state index contributed by atoms with van der Waals surface area (Å²) in [5.74, 6) is -0.537. The summed E-state index contributed by atoms with van der Waals surface area (Å²) in [6.45, 7) is -0.531. The fourth-order valence-electron chi connectivity index (χ4n) is 3.17. The van der Waals surface area contributed by atoms with Gasteiger partial charge in [-0.05, 0) is 60.7 Å². The molecule has 1 N–H and O–H groups in total. The molecule has 9 nitrogen and oxygen atoms in total. The van der Waals surface area contributed by atoms with E-state index in [-0.39, 0.29) is 16.3 Å². The first-order valence-corrected chi connectivity index (χ1v) is 12.0. The van der Waals surface area contributed by atoms with Crippen molar-refractivity contribution in [3.05, 3.63) is 77.3 Å². The van der Waals surface area contributed by atoms with Crippen LogP contribution in [0.15, 0.2) is 71.6 Å². The molecule has 1 amide bonds. The quantitative estimate of drug-likeness (QED) is 0.426. The van der Waals surface area contributed by atoms with Crippen LogP contribution >= 0.6 is 11.6 Å². The summed E-state index contributed by atoms with van der Waals surface area (Å²) in [5.41, 5.74) is 0.923. The van der Waals surface area contributed by atoms with Crippen molar-refractivity contribution in [3.8, 4) is 11.5 Å². The summed E-state index contributed by atoms with van der Waals surface area (Å²) in [5, 5.41) is 3.04. The van der Waals surface area contributed by atoms with E-state index >= 15 is 0 Å². The second kappa shape index (κ2) is 11.1. The van der Waals surface area contributed by atoms with Crippen molar-refractivity contribution in [2.24, 2.45) is 0 Å². The van der Waals surface area contributed by atoms with Crippen LogP contribution in [0, 0.1) is 0 Å². The van der Waals surface area contributed by atoms with Crippen molar-refractivity contribution in [2.45, 2.75) is 4.90 Å². The van der Waals surface area contributed by atoms with E-state index in [1.807, 2.05) is 0 Å². The highest BCUT2D eigenvalue weighted by Crippen LogP contribution is 2.32. The molecule has 0 radical (unpaired) electrons. The molecule has 0 aliphatic rings. The number of sulfonamides is 1. The van der Waals surface area contributed by atoms with Crippen LogP contribution in [0.1, 0.15) is 10.4 Å². The Balaban J connectivity index is 1.92. The van der Waals surface area contributed by atoms with Crippen LogP contribution in [0.5, 0.6) is 11.5 Å². The van der Waals surface area contributed by atoms with Gasteiger partial charge in [0.15, 0.2) is 11.5 Å². The Morgan fingerprint density at radius 1 is 0.886 bits per heavy atom. The highest BCUT2D eigenvalue weighted by molar-refractivity contribution is 7.92. The monoisotopic (exact) mass is 518 g/mol. The number of methoxy groups -OCH3 is 3. The van der Waals surface area contributed by atoms with Crippen LogP contribution in [0.2, 0.25) is 5.02 Å². The zero-order chi connectivity index (χ0) is 25.6. The van der Waals surface area contributed by atoms with Gasteiger partial charge in [0.1, 0.15) is 6.54 Å². The van der Waals surface area contributed by atoms with Crippen molar-refractivity contribution in [2.75, 3.05) is 37.5 Å². The van der Waals surface area contributed by atoms with Gasteiger partial charge in [-0.1, -0.05) is 11.6 Å². The summed E-state index contributed by atoms with van der Waals surface area (Å²) in [6.07, 6.45) is 0. The molecule has 0 fully saturated rings. The number of esters is 1. The van der Waals surface area contributed by atoms with Crippen LogP contribution in [-0.2, 0) is 19.6 Å². The Morgan fingerprint density at radius 2 is 1.51 bits per heavy atom. The van der Waals surface area contributed by atoms with E-state index in [9.17, 15) is 18.0 Å². The number of halogens is 1. The third kappa shape index (κ3) is 6.03. The Hall–Kier alpha value is -3.76. The molecule has 0 unspecified atom stereocenters. The summed E-state index contributed by atoms with van der Waals surface area (Å²) in [6, 6.07) is 16.2. The molecule has 3 aromatic carbocycles. The fraction of sp³-hybridized carbons (Fsp3) is 0.167. The van der Waals surface area contributed by atoms with E-state index in [1.165, 1.54) is 88.1 Å². The number of rotatable bonds is 9. The maximum atomic E-state index is 13.6. The fourth-order valence-corrected chi connectivity index (χ4v) is 4.73. The molecule has 0 saturated carbocycles. The van der Waals surface area contributed by atoms with E-state index in [0.29, 0.717) is 22.0 Å². The normalized spacial score (nSPS) is 10.9. The van der Waals surface area contributed by atoms with Gasteiger partial charge >= 0.3 is 5.97 Å². The lowest BCUT2D eigenvalue weighted by Crippen LogP contribution is -2.38. The molecular formula is C24H23ClN2O7S. The number of carbonyl (C=O) groups is 2. The van der Waals surface area contributed by atoms with Crippen LogP contribution in [-0.4, -0.2) is 48.2 Å². The average Bonchev–Trinajstić information content (AvgIpc) is 2.87. The van der Waals surface area contributed by atoms with Crippen LogP contribution in [0.3, 0.4) is 0 Å². The third-order valence-electron chi connectivity index (χ3n) is 4.93. The second-order valence-electron chi connectivity index (χ2n) is 7.12. The number of amides is 1. The number of benzene rings is 3. The highest BCUT2D eigenvalue weighted by atomic mass is 35.5. The Morgan fingerprint density at radius 3 is 2.09 bits per heavy atom. The minimum atomic E-state index is -4.20. The Labute approximate surface area is 208 Å². The molecule has 3 rings (SSSR count). The van der Waals surface area contributed by atoms with Crippen molar-refractivity contribution in [3.63, 3.8) is 0 Å². The lowest BCUT2D eigenvalue weighted by Gasteiger charge is -2.24. The Kier molecular flexibility index (Phi) is 8.21. The Bertz CT molecular complexity index is 1310. The molecule has 0 heterocycles. The molecule has 0 saturated heterocycles. The van der Waals surface area contributed by atoms with Crippen LogP contribution in [0.25, 0.3) is 0 Å². The molecule has 0 aliphatic carbocycles. The molecule has 0 atom stereocenters. The van der Waals surface area contributed by atoms with Crippen molar-refractivity contribution in [1.82, 2.24) is 0 Å². The van der Waals surface area contributed by atoms with Gasteiger partial charge in [0.25, 0.3) is 10.0 Å². The lowest BCUT2D eigenvalue weighted by molar-refractivity contribution is -0.114. The number of anilines is 2. The SMILES string of the molecule is COC(=O)c1ccc(NC(=O)CN(c2ccc(Cl)cc2)S(=O)(=O)c2ccc(OC)c(OC)c2)cc1. The molecule has 184 valence electrons. The van der Waals surface area contributed by atoms with Crippen molar-refractivity contribution in [1.29, 1.82) is 0 Å². The van der Waals surface area contributed by atoms with Crippen molar-refractivity contribution < 1.29 is 32.2 Å². The molecule has 0 aliphatic heterocycles. The number of nitrogens with one attached hydrogen (secondary N) is 1. The van der Waals surface area contributed by atoms with E-state index in [0.717, 1.165) is 4.31 Å². The molecule has 3 aromatic rings. The first-order valence-electron chi connectivity index (χ1n) is 10.2. The zero-order valence-corrected chi connectivity index (χ0v) is 20.7. The highest BCUT2D eigenvalue weighted by Gasteiger charge is 2.28. The van der Waals surface area contributed by atoms with Crippen molar-refractivity contribution >= 4 is 44.9 Å². The second-order valence-corrected chi connectivity index (χ2v) is 9.42. The zero-order valence-electron chi connectivity index (χ0n) is 19.1. The molecule has 0 spiro atoms. The van der Waals surface area contributed by atoms with Gasteiger partial charge in [-0.3, -0.25) is 9.10 Å². The topological polar surface area (TPSA) is 111 Å². The summed E-state index contributed by atoms with van der Waals surface area (Å²) >= 11 is 5.97. The summed E-state index contributed by atoms with van der Waals surface area (Å²) in [7, 11) is -0.103. The molecule has 0 bridgehead atoms. The van der Waals surface area contributed by atoms with E-state index in [1.54, 1.807) is 0 Å². The maximum absolute atomic E-state index is 13.6. The van der Waals surface area contributed by atoms with Gasteiger partial charge in [-0.25, -0.2) is 13.2 Å². The van der Waals surface area contributed by atoms with Gasteiger partial charge in [0.05, 0.1) is 37.5 Å². The number of ether oxygens (including phenoxy) is 3. The van der Waals surface area contributed by atoms with Gasteiger partial charge in [0.2, 0.25) is 5.91 Å². The summed E-state index contributed by atoms with van der Waals surface area (Å²) in [4.78, 5) is 24.4. The largest absolute Gasteiger partial charge is 0.493 e. The summed E-state index contributed by atoms with van der Waals surface area (Å²) < 4.78 is 43.2. The number of hydrogen-bond donors (Lipinski definition) is 1. The molecule has 35 heavy (non-hydrogen) atoms. The molecular weight excluding hydrogens is 496 g/mol. The minimum Gasteiger partial charge on any atom is -0.493 e. The minimum absolute atomic E-state index is 0.0969. The van der Waals surface area contributed by atoms with Gasteiger partial charge in [-0.2, -0.15) is 0 Å².